The van der Waals surface area contributed by atoms with Gasteiger partial charge in [-0.05, 0) is 43.3 Å². The molecule has 1 N–H and O–H groups in total. The van der Waals surface area contributed by atoms with Crippen LogP contribution in [-0.2, 0) is 6.54 Å². The van der Waals surface area contributed by atoms with Crippen molar-refractivity contribution in [1.29, 1.82) is 0 Å². The van der Waals surface area contributed by atoms with E-state index in [1.54, 1.807) is 14.2 Å². The van der Waals surface area contributed by atoms with Gasteiger partial charge in [-0.1, -0.05) is 0 Å². The minimum Gasteiger partial charge on any atom is -0.497 e. The normalized spacial score (nSPS) is 18.2. The van der Waals surface area contributed by atoms with Gasteiger partial charge in [0.1, 0.15) is 11.5 Å². The molecule has 4 nitrogen and oxygen atoms in total. The van der Waals surface area contributed by atoms with Gasteiger partial charge in [0.25, 0.3) is 0 Å². The number of nitrogens with zero attached hydrogens (tertiary/aromatic N) is 1. The number of rotatable bonds is 3. The van der Waals surface area contributed by atoms with Gasteiger partial charge < -0.3 is 19.4 Å². The van der Waals surface area contributed by atoms with Crippen LogP contribution in [-0.4, -0.2) is 25.3 Å². The Labute approximate surface area is 119 Å². The van der Waals surface area contributed by atoms with E-state index in [9.17, 15) is 0 Å². The largest absolute Gasteiger partial charge is 0.497 e. The van der Waals surface area contributed by atoms with Gasteiger partial charge >= 0.3 is 0 Å². The zero-order chi connectivity index (χ0) is 13.9. The summed E-state index contributed by atoms with van der Waals surface area (Å²) in [5.74, 6) is 1.74. The van der Waals surface area contributed by atoms with Gasteiger partial charge in [-0.15, -0.1) is 0 Å². The number of benzene rings is 1. The van der Waals surface area contributed by atoms with Crippen molar-refractivity contribution in [3.8, 4) is 11.5 Å². The Morgan fingerprint density at radius 1 is 1.20 bits per heavy atom. The second kappa shape index (κ2) is 5.59. The molecule has 0 radical (unpaired) electrons. The average molecular weight is 272 g/mol. The molecule has 2 heterocycles. The standard InChI is InChI=1S/C16H20N2O2/c1-19-12-6-7-15(20-2)13(11-12)16-14-5-3-9-18(14)10-4-8-17-16/h3,5-7,9,11,16-17H,4,8,10H2,1-2H3. The number of aromatic nitrogens is 1. The third-order valence-corrected chi connectivity index (χ3v) is 3.83. The monoisotopic (exact) mass is 272 g/mol. The fourth-order valence-electron chi connectivity index (χ4n) is 2.83. The highest BCUT2D eigenvalue weighted by atomic mass is 16.5. The van der Waals surface area contributed by atoms with Crippen molar-refractivity contribution in [2.24, 2.45) is 0 Å². The average Bonchev–Trinajstić information content (AvgIpc) is 2.86. The molecule has 1 aliphatic rings. The van der Waals surface area contributed by atoms with E-state index in [1.807, 2.05) is 12.1 Å². The van der Waals surface area contributed by atoms with Gasteiger partial charge in [-0.3, -0.25) is 0 Å². The second-order valence-corrected chi connectivity index (χ2v) is 4.98. The summed E-state index contributed by atoms with van der Waals surface area (Å²) in [5.41, 5.74) is 2.39. The number of hydrogen-bond acceptors (Lipinski definition) is 3. The molecule has 1 aliphatic heterocycles. The first-order valence-corrected chi connectivity index (χ1v) is 6.94. The number of methoxy groups -OCH3 is 2. The summed E-state index contributed by atoms with van der Waals surface area (Å²) in [4.78, 5) is 0. The molecule has 4 heteroatoms. The SMILES string of the molecule is COc1ccc(OC)c(C2NCCCn3cccc32)c1. The molecular weight excluding hydrogens is 252 g/mol. The second-order valence-electron chi connectivity index (χ2n) is 4.98. The van der Waals surface area contributed by atoms with Crippen molar-refractivity contribution in [2.75, 3.05) is 20.8 Å². The summed E-state index contributed by atoms with van der Waals surface area (Å²) >= 11 is 0. The minimum atomic E-state index is 0.137. The molecular formula is C16H20N2O2. The Morgan fingerprint density at radius 2 is 2.10 bits per heavy atom. The Bertz CT molecular complexity index is 592. The molecule has 0 fully saturated rings. The zero-order valence-electron chi connectivity index (χ0n) is 11.9. The van der Waals surface area contributed by atoms with E-state index in [0.717, 1.165) is 36.6 Å². The fourth-order valence-corrected chi connectivity index (χ4v) is 2.83. The van der Waals surface area contributed by atoms with Gasteiger partial charge in [-0.25, -0.2) is 0 Å². The summed E-state index contributed by atoms with van der Waals surface area (Å²) in [6, 6.07) is 10.4. The summed E-state index contributed by atoms with van der Waals surface area (Å²) in [5, 5.41) is 3.61. The maximum absolute atomic E-state index is 5.53. The molecule has 0 spiro atoms. The Hall–Kier alpha value is -1.94. The van der Waals surface area contributed by atoms with E-state index >= 15 is 0 Å². The van der Waals surface area contributed by atoms with Crippen molar-refractivity contribution in [1.82, 2.24) is 9.88 Å². The molecule has 0 saturated carbocycles. The van der Waals surface area contributed by atoms with E-state index in [-0.39, 0.29) is 6.04 Å². The molecule has 0 saturated heterocycles. The number of aryl methyl sites for hydroxylation is 1. The summed E-state index contributed by atoms with van der Waals surface area (Å²) < 4.78 is 13.2. The van der Waals surface area contributed by atoms with Gasteiger partial charge in [0.15, 0.2) is 0 Å². The maximum Gasteiger partial charge on any atom is 0.124 e. The molecule has 0 bridgehead atoms. The lowest BCUT2D eigenvalue weighted by Gasteiger charge is -2.21. The first kappa shape index (κ1) is 13.1. The van der Waals surface area contributed by atoms with Gasteiger partial charge in [0.05, 0.1) is 20.3 Å². The summed E-state index contributed by atoms with van der Waals surface area (Å²) in [7, 11) is 3.40. The third kappa shape index (κ3) is 2.27. The van der Waals surface area contributed by atoms with Crippen LogP contribution in [0.25, 0.3) is 0 Å². The van der Waals surface area contributed by atoms with Crippen LogP contribution in [0.1, 0.15) is 23.7 Å². The molecule has 1 aromatic heterocycles. The maximum atomic E-state index is 5.53. The van der Waals surface area contributed by atoms with Crippen LogP contribution in [0.3, 0.4) is 0 Å². The van der Waals surface area contributed by atoms with Crippen LogP contribution in [0.4, 0.5) is 0 Å². The highest BCUT2D eigenvalue weighted by molar-refractivity contribution is 5.45. The van der Waals surface area contributed by atoms with Crippen molar-refractivity contribution < 1.29 is 9.47 Å². The van der Waals surface area contributed by atoms with E-state index in [1.165, 1.54) is 5.69 Å². The predicted molar refractivity (Wildman–Crippen MR) is 78.4 cm³/mol. The van der Waals surface area contributed by atoms with Crippen LogP contribution in [0, 0.1) is 0 Å². The van der Waals surface area contributed by atoms with Gasteiger partial charge in [0.2, 0.25) is 0 Å². The first-order valence-electron chi connectivity index (χ1n) is 6.94. The third-order valence-electron chi connectivity index (χ3n) is 3.83. The Kier molecular flexibility index (Phi) is 3.65. The lowest BCUT2D eigenvalue weighted by atomic mass is 10.0. The van der Waals surface area contributed by atoms with Crippen molar-refractivity contribution in [3.05, 3.63) is 47.8 Å². The molecule has 1 atom stereocenters. The molecule has 1 unspecified atom stereocenters. The Balaban J connectivity index is 2.08. The van der Waals surface area contributed by atoms with Crippen LogP contribution >= 0.6 is 0 Å². The molecule has 1 aromatic carbocycles. The van der Waals surface area contributed by atoms with Crippen molar-refractivity contribution in [3.63, 3.8) is 0 Å². The van der Waals surface area contributed by atoms with Gasteiger partial charge in [0, 0.05) is 24.0 Å². The molecule has 0 aliphatic carbocycles. The minimum absolute atomic E-state index is 0.137. The van der Waals surface area contributed by atoms with E-state index in [2.05, 4.69) is 34.3 Å². The van der Waals surface area contributed by atoms with E-state index < -0.39 is 0 Å². The molecule has 20 heavy (non-hydrogen) atoms. The highest BCUT2D eigenvalue weighted by Gasteiger charge is 2.23. The van der Waals surface area contributed by atoms with Gasteiger partial charge in [-0.2, -0.15) is 0 Å². The first-order chi connectivity index (χ1) is 9.83. The van der Waals surface area contributed by atoms with Crippen LogP contribution < -0.4 is 14.8 Å². The van der Waals surface area contributed by atoms with Crippen molar-refractivity contribution >= 4 is 0 Å². The predicted octanol–water partition coefficient (Wildman–Crippen LogP) is 2.59. The lowest BCUT2D eigenvalue weighted by molar-refractivity contribution is 0.393. The van der Waals surface area contributed by atoms with Crippen molar-refractivity contribution in [2.45, 2.75) is 19.0 Å². The van der Waals surface area contributed by atoms with Crippen LogP contribution in [0.5, 0.6) is 11.5 Å². The summed E-state index contributed by atoms with van der Waals surface area (Å²) in [6.07, 6.45) is 3.27. The lowest BCUT2D eigenvalue weighted by Crippen LogP contribution is -2.22. The quantitative estimate of drug-likeness (QED) is 0.933. The molecule has 106 valence electrons. The molecule has 3 rings (SSSR count). The van der Waals surface area contributed by atoms with Crippen LogP contribution in [0.2, 0.25) is 0 Å². The molecule has 2 aromatic rings. The van der Waals surface area contributed by atoms with Crippen LogP contribution in [0.15, 0.2) is 36.5 Å². The van der Waals surface area contributed by atoms with E-state index in [0.29, 0.717) is 0 Å². The topological polar surface area (TPSA) is 35.4 Å². The summed E-state index contributed by atoms with van der Waals surface area (Å²) in [6.45, 7) is 2.05. The fraction of sp³-hybridized carbons (Fsp3) is 0.375. The molecule has 0 amide bonds. The van der Waals surface area contributed by atoms with E-state index in [4.69, 9.17) is 9.47 Å². The smallest absolute Gasteiger partial charge is 0.124 e. The number of nitrogens with one attached hydrogen (secondary N) is 1. The zero-order valence-corrected chi connectivity index (χ0v) is 11.9. The number of ether oxygens (including phenoxy) is 2. The number of fused-ring (bicyclic) bond motifs is 1. The Morgan fingerprint density at radius 3 is 2.90 bits per heavy atom. The highest BCUT2D eigenvalue weighted by Crippen LogP contribution is 2.34. The number of hydrogen-bond donors (Lipinski definition) is 1.